The quantitative estimate of drug-likeness (QED) is 0.890. The zero-order valence-corrected chi connectivity index (χ0v) is 11.7. The summed E-state index contributed by atoms with van der Waals surface area (Å²) in [7, 11) is 0. The van der Waals surface area contributed by atoms with Crippen molar-refractivity contribution >= 4 is 11.7 Å². The van der Waals surface area contributed by atoms with E-state index in [4.69, 9.17) is 5.11 Å². The third-order valence-corrected chi connectivity index (χ3v) is 3.28. The van der Waals surface area contributed by atoms with E-state index >= 15 is 0 Å². The molecule has 0 aliphatic heterocycles. The number of anilines is 1. The van der Waals surface area contributed by atoms with Crippen molar-refractivity contribution in [1.29, 1.82) is 0 Å². The van der Waals surface area contributed by atoms with Gasteiger partial charge in [-0.25, -0.2) is 13.6 Å². The number of hydrogen-bond donors (Lipinski definition) is 2. The molecule has 0 amide bonds. The SMILES string of the molecule is Cc1cc(C(=O)O)ccc1NC(C)c1c(F)cccc1F. The number of carboxylic acids is 1. The summed E-state index contributed by atoms with van der Waals surface area (Å²) in [4.78, 5) is 10.9. The summed E-state index contributed by atoms with van der Waals surface area (Å²) < 4.78 is 27.4. The summed E-state index contributed by atoms with van der Waals surface area (Å²) in [6.45, 7) is 3.38. The van der Waals surface area contributed by atoms with Gasteiger partial charge in [0.15, 0.2) is 0 Å². The Morgan fingerprint density at radius 3 is 2.33 bits per heavy atom. The van der Waals surface area contributed by atoms with E-state index in [-0.39, 0.29) is 11.1 Å². The number of carbonyl (C=O) groups is 1. The average molecular weight is 291 g/mol. The van der Waals surface area contributed by atoms with E-state index in [9.17, 15) is 13.6 Å². The highest BCUT2D eigenvalue weighted by molar-refractivity contribution is 5.88. The molecule has 0 saturated heterocycles. The lowest BCUT2D eigenvalue weighted by Crippen LogP contribution is -2.12. The number of halogens is 2. The third kappa shape index (κ3) is 3.18. The van der Waals surface area contributed by atoms with E-state index in [1.54, 1.807) is 19.9 Å². The molecular weight excluding hydrogens is 276 g/mol. The first-order chi connectivity index (χ1) is 9.90. The van der Waals surface area contributed by atoms with Crippen LogP contribution in [0.15, 0.2) is 36.4 Å². The molecule has 0 aliphatic carbocycles. The van der Waals surface area contributed by atoms with Gasteiger partial charge >= 0.3 is 5.97 Å². The highest BCUT2D eigenvalue weighted by Crippen LogP contribution is 2.26. The molecule has 110 valence electrons. The molecule has 2 aromatic carbocycles. The number of aryl methyl sites for hydroxylation is 1. The van der Waals surface area contributed by atoms with Crippen molar-refractivity contribution in [3.05, 3.63) is 64.7 Å². The van der Waals surface area contributed by atoms with E-state index in [0.717, 1.165) is 0 Å². The fourth-order valence-electron chi connectivity index (χ4n) is 2.19. The van der Waals surface area contributed by atoms with Crippen LogP contribution in [-0.2, 0) is 0 Å². The van der Waals surface area contributed by atoms with Crippen LogP contribution in [0.25, 0.3) is 0 Å². The van der Waals surface area contributed by atoms with Gasteiger partial charge in [-0.2, -0.15) is 0 Å². The first-order valence-corrected chi connectivity index (χ1v) is 6.44. The van der Waals surface area contributed by atoms with Gasteiger partial charge in [-0.1, -0.05) is 6.07 Å². The zero-order chi connectivity index (χ0) is 15.6. The molecule has 0 aromatic heterocycles. The molecule has 2 rings (SSSR count). The van der Waals surface area contributed by atoms with Gasteiger partial charge in [-0.15, -0.1) is 0 Å². The Kier molecular flexibility index (Phi) is 4.21. The van der Waals surface area contributed by atoms with Crippen LogP contribution in [0, 0.1) is 18.6 Å². The van der Waals surface area contributed by atoms with E-state index in [0.29, 0.717) is 11.3 Å². The third-order valence-electron chi connectivity index (χ3n) is 3.28. The van der Waals surface area contributed by atoms with Crippen LogP contribution in [0.4, 0.5) is 14.5 Å². The Morgan fingerprint density at radius 1 is 1.19 bits per heavy atom. The van der Waals surface area contributed by atoms with Crippen LogP contribution in [0.1, 0.15) is 34.5 Å². The second-order valence-corrected chi connectivity index (χ2v) is 4.84. The summed E-state index contributed by atoms with van der Waals surface area (Å²) in [5.41, 5.74) is 1.45. The summed E-state index contributed by atoms with van der Waals surface area (Å²) >= 11 is 0. The van der Waals surface area contributed by atoms with Crippen molar-refractivity contribution in [3.8, 4) is 0 Å². The largest absolute Gasteiger partial charge is 0.478 e. The predicted molar refractivity (Wildman–Crippen MR) is 76.5 cm³/mol. The number of hydrogen-bond acceptors (Lipinski definition) is 2. The minimum Gasteiger partial charge on any atom is -0.478 e. The molecular formula is C16H15F2NO2. The standard InChI is InChI=1S/C16H15F2NO2/c1-9-8-11(16(20)21)6-7-14(9)19-10(2)15-12(17)4-3-5-13(15)18/h3-8,10,19H,1-2H3,(H,20,21). The smallest absolute Gasteiger partial charge is 0.335 e. The lowest BCUT2D eigenvalue weighted by Gasteiger charge is -2.18. The lowest BCUT2D eigenvalue weighted by molar-refractivity contribution is 0.0697. The molecule has 0 heterocycles. The van der Waals surface area contributed by atoms with Crippen molar-refractivity contribution < 1.29 is 18.7 Å². The molecule has 1 atom stereocenters. The van der Waals surface area contributed by atoms with Gasteiger partial charge < -0.3 is 10.4 Å². The van der Waals surface area contributed by atoms with Gasteiger partial charge in [0.25, 0.3) is 0 Å². The molecule has 0 fully saturated rings. The van der Waals surface area contributed by atoms with E-state index in [2.05, 4.69) is 5.32 Å². The van der Waals surface area contributed by atoms with Crippen LogP contribution >= 0.6 is 0 Å². The maximum absolute atomic E-state index is 13.7. The first kappa shape index (κ1) is 15.0. The second-order valence-electron chi connectivity index (χ2n) is 4.84. The molecule has 0 aliphatic rings. The molecule has 0 bridgehead atoms. The van der Waals surface area contributed by atoms with E-state index in [1.807, 2.05) is 0 Å². The molecule has 0 saturated carbocycles. The van der Waals surface area contributed by atoms with Crippen LogP contribution in [0.5, 0.6) is 0 Å². The van der Waals surface area contributed by atoms with Crippen molar-refractivity contribution in [2.75, 3.05) is 5.32 Å². The lowest BCUT2D eigenvalue weighted by atomic mass is 10.0. The van der Waals surface area contributed by atoms with Crippen LogP contribution in [0.2, 0.25) is 0 Å². The Morgan fingerprint density at radius 2 is 1.81 bits per heavy atom. The molecule has 5 heteroatoms. The molecule has 3 nitrogen and oxygen atoms in total. The minimum atomic E-state index is -1.02. The fraction of sp³-hybridized carbons (Fsp3) is 0.188. The van der Waals surface area contributed by atoms with Crippen molar-refractivity contribution in [2.45, 2.75) is 19.9 Å². The highest BCUT2D eigenvalue weighted by atomic mass is 19.1. The Hall–Kier alpha value is -2.43. The summed E-state index contributed by atoms with van der Waals surface area (Å²) in [6.07, 6.45) is 0. The van der Waals surface area contributed by atoms with Crippen molar-refractivity contribution in [2.24, 2.45) is 0 Å². The highest BCUT2D eigenvalue weighted by Gasteiger charge is 2.16. The minimum absolute atomic E-state index is 0.0424. The van der Waals surface area contributed by atoms with E-state index in [1.165, 1.54) is 30.3 Å². The van der Waals surface area contributed by atoms with Gasteiger partial charge in [-0.05, 0) is 49.7 Å². The second kappa shape index (κ2) is 5.91. The fourth-order valence-corrected chi connectivity index (χ4v) is 2.19. The summed E-state index contributed by atoms with van der Waals surface area (Å²) in [5.74, 6) is -2.25. The van der Waals surface area contributed by atoms with Crippen LogP contribution in [-0.4, -0.2) is 11.1 Å². The molecule has 1 unspecified atom stereocenters. The monoisotopic (exact) mass is 291 g/mol. The number of nitrogens with one attached hydrogen (secondary N) is 1. The molecule has 0 spiro atoms. The van der Waals surface area contributed by atoms with Gasteiger partial charge in [0, 0.05) is 11.3 Å². The number of rotatable bonds is 4. The first-order valence-electron chi connectivity index (χ1n) is 6.44. The number of carboxylic acid groups (broad SMARTS) is 1. The van der Waals surface area contributed by atoms with Gasteiger partial charge in [-0.3, -0.25) is 0 Å². The predicted octanol–water partition coefficient (Wildman–Crippen LogP) is 4.14. The maximum Gasteiger partial charge on any atom is 0.335 e. The van der Waals surface area contributed by atoms with Gasteiger partial charge in [0.1, 0.15) is 11.6 Å². The maximum atomic E-state index is 13.7. The molecule has 2 N–H and O–H groups in total. The Labute approximate surface area is 121 Å². The zero-order valence-electron chi connectivity index (χ0n) is 11.7. The van der Waals surface area contributed by atoms with Crippen LogP contribution < -0.4 is 5.32 Å². The van der Waals surface area contributed by atoms with Gasteiger partial charge in [0.05, 0.1) is 11.6 Å². The number of aromatic carboxylic acids is 1. The Balaban J connectivity index is 2.28. The van der Waals surface area contributed by atoms with Crippen molar-refractivity contribution in [3.63, 3.8) is 0 Å². The average Bonchev–Trinajstić information content (AvgIpc) is 2.40. The van der Waals surface area contributed by atoms with Crippen LogP contribution in [0.3, 0.4) is 0 Å². The Bertz CT molecular complexity index is 666. The summed E-state index contributed by atoms with van der Waals surface area (Å²) in [5, 5.41) is 11.9. The summed E-state index contributed by atoms with van der Waals surface area (Å²) in [6, 6.07) is 7.69. The molecule has 2 aromatic rings. The van der Waals surface area contributed by atoms with Crippen molar-refractivity contribution in [1.82, 2.24) is 0 Å². The molecule has 0 radical (unpaired) electrons. The normalized spacial score (nSPS) is 12.0. The van der Waals surface area contributed by atoms with E-state index < -0.39 is 23.6 Å². The topological polar surface area (TPSA) is 49.3 Å². The number of benzene rings is 2. The molecule has 21 heavy (non-hydrogen) atoms. The van der Waals surface area contributed by atoms with Gasteiger partial charge in [0.2, 0.25) is 0 Å².